The van der Waals surface area contributed by atoms with E-state index in [9.17, 15) is 24.0 Å². The summed E-state index contributed by atoms with van der Waals surface area (Å²) in [5.74, 6) is -1.21. The Labute approximate surface area is 449 Å². The maximum Gasteiger partial charge on any atom is 0.343 e. The van der Waals surface area contributed by atoms with E-state index in [1.807, 2.05) is 42.5 Å². The molecule has 0 heterocycles. The molecule has 0 aliphatic rings. The van der Waals surface area contributed by atoms with Crippen molar-refractivity contribution in [3.63, 3.8) is 0 Å². The highest BCUT2D eigenvalue weighted by molar-refractivity contribution is 6.08. The minimum absolute atomic E-state index is 0.0885. The fourth-order valence-corrected chi connectivity index (χ4v) is 7.93. The lowest BCUT2D eigenvalue weighted by Crippen LogP contribution is -2.14. The van der Waals surface area contributed by atoms with Gasteiger partial charge in [-0.3, -0.25) is 5.43 Å². The molecule has 0 saturated carbocycles. The predicted molar refractivity (Wildman–Crippen MR) is 297 cm³/mol. The summed E-state index contributed by atoms with van der Waals surface area (Å²) in [6.45, 7) is 12.3. The van der Waals surface area contributed by atoms with E-state index in [4.69, 9.17) is 37.9 Å². The van der Waals surface area contributed by atoms with Gasteiger partial charge in [0.1, 0.15) is 11.5 Å². The van der Waals surface area contributed by atoms with E-state index in [0.29, 0.717) is 61.5 Å². The van der Waals surface area contributed by atoms with Crippen LogP contribution in [0.1, 0.15) is 103 Å². The van der Waals surface area contributed by atoms with Crippen LogP contribution < -0.4 is 29.1 Å². The SMILES string of the molecule is C=CC(=O)OCCCCCCOc1ccc(C(=O)Oc2c(/C=N/Nc3cccc4ccccc34)c(OCCCCCCOC(=O)C=C)c(OC(=O)c3ccc(OCCCCCCOC(=O)C=C)cc3)c3ccccc23)cc1. The van der Waals surface area contributed by atoms with Crippen molar-refractivity contribution >= 4 is 63.3 Å². The van der Waals surface area contributed by atoms with E-state index < -0.39 is 29.8 Å². The summed E-state index contributed by atoms with van der Waals surface area (Å²) >= 11 is 0. The van der Waals surface area contributed by atoms with Gasteiger partial charge in [-0.25, -0.2) is 24.0 Å². The Bertz CT molecular complexity index is 2960. The predicted octanol–water partition coefficient (Wildman–Crippen LogP) is 12.9. The highest BCUT2D eigenvalue weighted by Crippen LogP contribution is 2.46. The molecule has 1 N–H and O–H groups in total. The molecule has 0 fully saturated rings. The summed E-state index contributed by atoms with van der Waals surface area (Å²) < 4.78 is 46.5. The molecule has 0 aromatic heterocycles. The van der Waals surface area contributed by atoms with Crippen LogP contribution in [0.5, 0.6) is 28.7 Å². The first-order valence-corrected chi connectivity index (χ1v) is 25.9. The van der Waals surface area contributed by atoms with Crippen molar-refractivity contribution in [1.29, 1.82) is 0 Å². The van der Waals surface area contributed by atoms with Crippen LogP contribution in [0, 0.1) is 0 Å². The summed E-state index contributed by atoms with van der Waals surface area (Å²) in [6.07, 6.45) is 14.2. The molecule has 0 atom stereocenters. The van der Waals surface area contributed by atoms with Crippen LogP contribution in [-0.4, -0.2) is 75.7 Å². The highest BCUT2D eigenvalue weighted by Gasteiger charge is 2.27. The van der Waals surface area contributed by atoms with E-state index in [0.717, 1.165) is 98.9 Å². The molecule has 77 heavy (non-hydrogen) atoms. The van der Waals surface area contributed by atoms with Crippen LogP contribution in [0.15, 0.2) is 158 Å². The number of ether oxygens (including phenoxy) is 8. The maximum absolute atomic E-state index is 14.3. The first-order chi connectivity index (χ1) is 37.7. The summed E-state index contributed by atoms with van der Waals surface area (Å²) in [5, 5.41) is 7.48. The number of benzene rings is 6. The van der Waals surface area contributed by atoms with Crippen molar-refractivity contribution in [3.05, 3.63) is 170 Å². The molecule has 6 rings (SSSR count). The van der Waals surface area contributed by atoms with Gasteiger partial charge in [-0.15, -0.1) is 0 Å². The number of hydrazone groups is 1. The third kappa shape index (κ3) is 18.6. The van der Waals surface area contributed by atoms with Gasteiger partial charge in [0.25, 0.3) is 0 Å². The van der Waals surface area contributed by atoms with Crippen molar-refractivity contribution in [1.82, 2.24) is 0 Å². The Morgan fingerprint density at radius 1 is 0.416 bits per heavy atom. The van der Waals surface area contributed by atoms with E-state index in [1.54, 1.807) is 72.8 Å². The van der Waals surface area contributed by atoms with Gasteiger partial charge in [-0.2, -0.15) is 5.10 Å². The number of hydrogen-bond donors (Lipinski definition) is 1. The first-order valence-electron chi connectivity index (χ1n) is 25.9. The second-order valence-corrected chi connectivity index (χ2v) is 17.6. The summed E-state index contributed by atoms with van der Waals surface area (Å²) in [4.78, 5) is 62.6. The number of anilines is 1. The second-order valence-electron chi connectivity index (χ2n) is 17.6. The zero-order chi connectivity index (χ0) is 54.5. The number of fused-ring (bicyclic) bond motifs is 2. The lowest BCUT2D eigenvalue weighted by molar-refractivity contribution is -0.138. The number of nitrogens with one attached hydrogen (secondary N) is 1. The largest absolute Gasteiger partial charge is 0.494 e. The monoisotopic (exact) mass is 1050 g/mol. The van der Waals surface area contributed by atoms with Crippen LogP contribution in [0.3, 0.4) is 0 Å². The van der Waals surface area contributed by atoms with Crippen LogP contribution >= 0.6 is 0 Å². The summed E-state index contributed by atoms with van der Waals surface area (Å²) in [6, 6.07) is 34.1. The maximum atomic E-state index is 14.3. The van der Waals surface area contributed by atoms with Crippen LogP contribution in [0.4, 0.5) is 5.69 Å². The topological polar surface area (TPSA) is 184 Å². The van der Waals surface area contributed by atoms with Gasteiger partial charge in [-0.05, 0) is 137 Å². The third-order valence-corrected chi connectivity index (χ3v) is 12.0. The van der Waals surface area contributed by atoms with Crippen molar-refractivity contribution < 1.29 is 61.9 Å². The van der Waals surface area contributed by atoms with E-state index in [1.165, 1.54) is 6.21 Å². The Hall–Kier alpha value is -8.72. The Morgan fingerprint density at radius 3 is 1.30 bits per heavy atom. The molecule has 0 aliphatic heterocycles. The van der Waals surface area contributed by atoms with Crippen molar-refractivity contribution in [3.8, 4) is 28.7 Å². The van der Waals surface area contributed by atoms with Gasteiger partial charge in [0, 0.05) is 34.4 Å². The molecule has 0 unspecified atom stereocenters. The third-order valence-electron chi connectivity index (χ3n) is 12.0. The van der Waals surface area contributed by atoms with Gasteiger partial charge in [0.05, 0.1) is 68.2 Å². The number of unbranched alkanes of at least 4 members (excludes halogenated alkanes) is 9. The first kappa shape index (κ1) is 57.6. The lowest BCUT2D eigenvalue weighted by atomic mass is 10.0. The molecule has 6 aromatic carbocycles. The fraction of sp³-hybridized carbons (Fsp3) is 0.290. The number of hydrogen-bond acceptors (Lipinski definition) is 15. The van der Waals surface area contributed by atoms with Crippen molar-refractivity contribution in [2.75, 3.05) is 45.1 Å². The normalized spacial score (nSPS) is 10.9. The average molecular weight is 1050 g/mol. The molecule has 15 heteroatoms. The Kier molecular flexibility index (Phi) is 23.8. The molecule has 0 amide bonds. The molecule has 0 aliphatic carbocycles. The zero-order valence-corrected chi connectivity index (χ0v) is 43.4. The smallest absolute Gasteiger partial charge is 0.343 e. The van der Waals surface area contributed by atoms with Gasteiger partial charge in [0.2, 0.25) is 0 Å². The van der Waals surface area contributed by atoms with Crippen molar-refractivity contribution in [2.45, 2.75) is 77.0 Å². The van der Waals surface area contributed by atoms with E-state index in [-0.39, 0.29) is 47.2 Å². The molecule has 6 aromatic rings. The van der Waals surface area contributed by atoms with Gasteiger partial charge in [0.15, 0.2) is 17.2 Å². The second kappa shape index (κ2) is 31.9. The quantitative estimate of drug-likeness (QED) is 0.00766. The van der Waals surface area contributed by atoms with Gasteiger partial charge in [-0.1, -0.05) is 80.4 Å². The van der Waals surface area contributed by atoms with E-state index >= 15 is 0 Å². The number of rotatable bonds is 34. The molecule has 15 nitrogen and oxygen atoms in total. The molecule has 402 valence electrons. The van der Waals surface area contributed by atoms with Crippen LogP contribution in [-0.2, 0) is 28.6 Å². The van der Waals surface area contributed by atoms with Crippen LogP contribution in [0.25, 0.3) is 21.5 Å². The molecule has 0 bridgehead atoms. The minimum Gasteiger partial charge on any atom is -0.494 e. The Morgan fingerprint density at radius 2 is 0.818 bits per heavy atom. The number of esters is 5. The lowest BCUT2D eigenvalue weighted by Gasteiger charge is -2.20. The average Bonchev–Trinajstić information content (AvgIpc) is 3.46. The number of carbonyl (C=O) groups is 5. The highest BCUT2D eigenvalue weighted by atomic mass is 16.6. The minimum atomic E-state index is -0.673. The molecular weight excluding hydrogens is 981 g/mol. The molecule has 0 spiro atoms. The fourth-order valence-electron chi connectivity index (χ4n) is 7.93. The van der Waals surface area contributed by atoms with Gasteiger partial charge >= 0.3 is 29.8 Å². The standard InChI is InChI=1S/C62H66N2O13/c1-4-55(65)72-40-19-9-7-17-38-70-48-34-30-46(31-35-48)61(68)76-58-51-27-15-16-28-52(51)60(77-62(69)47-32-36-49(37-33-47)71-39-18-8-10-20-41-73-56(66)5-2)59(75-43-22-12-11-21-42-74-57(67)6-3)53(58)44-63-64-54-29-23-25-45-24-13-14-26-50(45)54/h4-6,13-16,23-37,44,64H,1-3,7-12,17-22,38-43H2/b63-44+. The number of nitrogens with zero attached hydrogens (tertiary/aromatic N) is 1. The molecular formula is C62H66N2O13. The van der Waals surface area contributed by atoms with E-state index in [2.05, 4.69) is 30.3 Å². The van der Waals surface area contributed by atoms with Crippen LogP contribution in [0.2, 0.25) is 0 Å². The molecule has 0 saturated heterocycles. The Balaban J connectivity index is 1.26. The summed E-state index contributed by atoms with van der Waals surface area (Å²) in [7, 11) is 0. The summed E-state index contributed by atoms with van der Waals surface area (Å²) in [5.41, 5.74) is 4.61. The zero-order valence-electron chi connectivity index (χ0n) is 43.4. The van der Waals surface area contributed by atoms with Crippen molar-refractivity contribution in [2.24, 2.45) is 5.10 Å². The number of carbonyl (C=O) groups excluding carboxylic acids is 5. The molecule has 0 radical (unpaired) electrons. The van der Waals surface area contributed by atoms with Gasteiger partial charge < -0.3 is 37.9 Å².